The van der Waals surface area contributed by atoms with Crippen molar-refractivity contribution in [3.63, 3.8) is 0 Å². The topological polar surface area (TPSA) is 69.6 Å². The second-order valence-corrected chi connectivity index (χ2v) is 7.73. The smallest absolute Gasteiger partial charge is 0.340 e. The van der Waals surface area contributed by atoms with E-state index < -0.39 is 0 Å². The van der Waals surface area contributed by atoms with Crippen molar-refractivity contribution in [3.8, 4) is 11.4 Å². The maximum absolute atomic E-state index is 12.8. The lowest BCUT2D eigenvalue weighted by Crippen LogP contribution is -2.20. The lowest BCUT2D eigenvalue weighted by Gasteiger charge is -2.10. The van der Waals surface area contributed by atoms with Crippen molar-refractivity contribution < 1.29 is 19.1 Å². The molecule has 1 amide bonds. The van der Waals surface area contributed by atoms with Crippen molar-refractivity contribution in [1.29, 1.82) is 0 Å². The van der Waals surface area contributed by atoms with Gasteiger partial charge in [0.25, 0.3) is 5.91 Å². The fourth-order valence-electron chi connectivity index (χ4n) is 3.84. The van der Waals surface area contributed by atoms with E-state index in [4.69, 9.17) is 9.47 Å². The summed E-state index contributed by atoms with van der Waals surface area (Å²) in [6.45, 7) is 5.81. The standard InChI is InChI=1S/C27H26N2O4/c1-4-32-27(31)26-19(3)29(21-8-6-5-7-9-21)24-15-14-22(16-23(24)26)33-17-25(30)28-20-12-10-18(2)11-13-20/h5-16H,4,17H2,1-3H3,(H,28,30). The Kier molecular flexibility index (Phi) is 6.45. The van der Waals surface area contributed by atoms with Gasteiger partial charge in [-0.25, -0.2) is 4.79 Å². The van der Waals surface area contributed by atoms with E-state index >= 15 is 0 Å². The maximum atomic E-state index is 12.8. The number of amides is 1. The second-order valence-electron chi connectivity index (χ2n) is 7.73. The lowest BCUT2D eigenvalue weighted by molar-refractivity contribution is -0.118. The summed E-state index contributed by atoms with van der Waals surface area (Å²) < 4.78 is 13.1. The lowest BCUT2D eigenvalue weighted by atomic mass is 10.1. The number of nitrogens with zero attached hydrogens (tertiary/aromatic N) is 1. The first kappa shape index (κ1) is 22.1. The molecule has 1 heterocycles. The summed E-state index contributed by atoms with van der Waals surface area (Å²) in [5.41, 5.74) is 4.91. The SMILES string of the molecule is CCOC(=O)c1c(C)n(-c2ccccc2)c2ccc(OCC(=O)Nc3ccc(C)cc3)cc12. The molecule has 0 aliphatic rings. The minimum absolute atomic E-state index is 0.146. The molecule has 0 atom stereocenters. The van der Waals surface area contributed by atoms with Gasteiger partial charge in [-0.05, 0) is 63.2 Å². The van der Waals surface area contributed by atoms with Gasteiger partial charge >= 0.3 is 5.97 Å². The number of ether oxygens (including phenoxy) is 2. The van der Waals surface area contributed by atoms with Crippen LogP contribution >= 0.6 is 0 Å². The number of rotatable bonds is 7. The molecule has 4 aromatic rings. The van der Waals surface area contributed by atoms with Crippen LogP contribution in [0.15, 0.2) is 72.8 Å². The Bertz CT molecular complexity index is 1290. The van der Waals surface area contributed by atoms with E-state index in [9.17, 15) is 9.59 Å². The Morgan fingerprint density at radius 1 is 0.939 bits per heavy atom. The number of fused-ring (bicyclic) bond motifs is 1. The molecule has 0 spiro atoms. The summed E-state index contributed by atoms with van der Waals surface area (Å²) in [6.07, 6.45) is 0. The fraction of sp³-hybridized carbons (Fsp3) is 0.185. The van der Waals surface area contributed by atoms with Crippen LogP contribution in [-0.2, 0) is 9.53 Å². The summed E-state index contributed by atoms with van der Waals surface area (Å²) in [7, 11) is 0. The van der Waals surface area contributed by atoms with Crippen LogP contribution in [0.25, 0.3) is 16.6 Å². The van der Waals surface area contributed by atoms with Gasteiger partial charge in [-0.15, -0.1) is 0 Å². The number of hydrogen-bond donors (Lipinski definition) is 1. The molecule has 0 fully saturated rings. The molecule has 0 saturated heterocycles. The molecule has 0 aliphatic carbocycles. The Labute approximate surface area is 192 Å². The number of anilines is 1. The molecule has 33 heavy (non-hydrogen) atoms. The average molecular weight is 443 g/mol. The van der Waals surface area contributed by atoms with Gasteiger partial charge in [0.2, 0.25) is 0 Å². The summed E-state index contributed by atoms with van der Waals surface area (Å²) in [4.78, 5) is 25.1. The van der Waals surface area contributed by atoms with Crippen LogP contribution in [0.3, 0.4) is 0 Å². The van der Waals surface area contributed by atoms with E-state index in [1.165, 1.54) is 0 Å². The number of nitrogens with one attached hydrogen (secondary N) is 1. The van der Waals surface area contributed by atoms with Crippen molar-refractivity contribution in [1.82, 2.24) is 4.57 Å². The Morgan fingerprint density at radius 2 is 1.67 bits per heavy atom. The molecule has 3 aromatic carbocycles. The molecule has 0 aliphatic heterocycles. The number of benzene rings is 3. The summed E-state index contributed by atoms with van der Waals surface area (Å²) in [6, 6.07) is 22.9. The monoisotopic (exact) mass is 442 g/mol. The average Bonchev–Trinajstić information content (AvgIpc) is 3.11. The van der Waals surface area contributed by atoms with Gasteiger partial charge < -0.3 is 19.4 Å². The number of carbonyl (C=O) groups is 2. The molecular weight excluding hydrogens is 416 g/mol. The quantitative estimate of drug-likeness (QED) is 0.387. The first-order chi connectivity index (χ1) is 16.0. The maximum Gasteiger partial charge on any atom is 0.340 e. The van der Waals surface area contributed by atoms with Crippen molar-refractivity contribution in [3.05, 3.63) is 89.6 Å². The summed E-state index contributed by atoms with van der Waals surface area (Å²) in [5.74, 6) is -0.149. The third-order valence-electron chi connectivity index (χ3n) is 5.37. The highest BCUT2D eigenvalue weighted by Crippen LogP contribution is 2.32. The predicted octanol–water partition coefficient (Wildman–Crippen LogP) is 5.44. The third-order valence-corrected chi connectivity index (χ3v) is 5.37. The van der Waals surface area contributed by atoms with Crippen LogP contribution in [0.2, 0.25) is 0 Å². The highest BCUT2D eigenvalue weighted by atomic mass is 16.5. The van der Waals surface area contributed by atoms with Gasteiger partial charge in [-0.1, -0.05) is 35.9 Å². The van der Waals surface area contributed by atoms with Crippen molar-refractivity contribution in [2.75, 3.05) is 18.5 Å². The van der Waals surface area contributed by atoms with Crippen LogP contribution in [0.1, 0.15) is 28.5 Å². The zero-order valence-electron chi connectivity index (χ0n) is 18.9. The molecule has 1 aromatic heterocycles. The molecule has 6 heteroatoms. The van der Waals surface area contributed by atoms with Crippen LogP contribution in [0.4, 0.5) is 5.69 Å². The fourth-order valence-corrected chi connectivity index (χ4v) is 3.84. The van der Waals surface area contributed by atoms with Crippen molar-refractivity contribution >= 4 is 28.5 Å². The molecule has 6 nitrogen and oxygen atoms in total. The second kappa shape index (κ2) is 9.61. The van der Waals surface area contributed by atoms with Crippen LogP contribution < -0.4 is 10.1 Å². The number of hydrogen-bond acceptors (Lipinski definition) is 4. The van der Waals surface area contributed by atoms with Gasteiger partial charge in [0.15, 0.2) is 6.61 Å². The van der Waals surface area contributed by atoms with Gasteiger partial charge in [0.05, 0.1) is 17.7 Å². The van der Waals surface area contributed by atoms with E-state index in [2.05, 4.69) is 5.32 Å². The summed E-state index contributed by atoms with van der Waals surface area (Å²) in [5, 5.41) is 3.53. The largest absolute Gasteiger partial charge is 0.484 e. The van der Waals surface area contributed by atoms with Gasteiger partial charge in [0, 0.05) is 22.5 Å². The highest BCUT2D eigenvalue weighted by Gasteiger charge is 2.22. The Hall–Kier alpha value is -4.06. The minimum atomic E-state index is -0.385. The van der Waals surface area contributed by atoms with Gasteiger partial charge in [-0.2, -0.15) is 0 Å². The molecule has 0 bridgehead atoms. The first-order valence-electron chi connectivity index (χ1n) is 10.8. The molecule has 168 valence electrons. The van der Waals surface area contributed by atoms with Crippen molar-refractivity contribution in [2.24, 2.45) is 0 Å². The first-order valence-corrected chi connectivity index (χ1v) is 10.8. The number of para-hydroxylation sites is 1. The van der Waals surface area contributed by atoms with E-state index in [1.807, 2.05) is 79.1 Å². The van der Waals surface area contributed by atoms with E-state index in [0.717, 1.165) is 22.5 Å². The van der Waals surface area contributed by atoms with E-state index in [0.29, 0.717) is 22.4 Å². The van der Waals surface area contributed by atoms with Crippen molar-refractivity contribution in [2.45, 2.75) is 20.8 Å². The molecule has 4 rings (SSSR count). The van der Waals surface area contributed by atoms with Crippen LogP contribution in [-0.4, -0.2) is 29.7 Å². The predicted molar refractivity (Wildman–Crippen MR) is 129 cm³/mol. The molecule has 1 N–H and O–H groups in total. The van der Waals surface area contributed by atoms with Gasteiger partial charge in [0.1, 0.15) is 5.75 Å². The molecular formula is C27H26N2O4. The normalized spacial score (nSPS) is 10.8. The summed E-state index contributed by atoms with van der Waals surface area (Å²) >= 11 is 0. The zero-order chi connectivity index (χ0) is 23.4. The molecule has 0 unspecified atom stereocenters. The van der Waals surface area contributed by atoms with Crippen LogP contribution in [0, 0.1) is 13.8 Å². The van der Waals surface area contributed by atoms with Crippen LogP contribution in [0.5, 0.6) is 5.75 Å². The minimum Gasteiger partial charge on any atom is -0.484 e. The molecule has 0 saturated carbocycles. The third kappa shape index (κ3) is 4.75. The number of aryl methyl sites for hydroxylation is 1. The number of carbonyl (C=O) groups excluding carboxylic acids is 2. The zero-order valence-corrected chi connectivity index (χ0v) is 18.9. The highest BCUT2D eigenvalue weighted by molar-refractivity contribution is 6.07. The Morgan fingerprint density at radius 3 is 2.36 bits per heavy atom. The number of aromatic nitrogens is 1. The molecule has 0 radical (unpaired) electrons. The Balaban J connectivity index is 1.63. The number of esters is 1. The van der Waals surface area contributed by atoms with E-state index in [-0.39, 0.29) is 25.1 Å². The van der Waals surface area contributed by atoms with Gasteiger partial charge in [-0.3, -0.25) is 4.79 Å². The van der Waals surface area contributed by atoms with E-state index in [1.54, 1.807) is 19.1 Å².